The van der Waals surface area contributed by atoms with Crippen LogP contribution in [0.3, 0.4) is 0 Å². The van der Waals surface area contributed by atoms with Gasteiger partial charge in [0.15, 0.2) is 0 Å². The fourth-order valence-electron chi connectivity index (χ4n) is 2.89. The summed E-state index contributed by atoms with van der Waals surface area (Å²) in [5.74, 6) is -0.728. The van der Waals surface area contributed by atoms with Gasteiger partial charge in [-0.15, -0.1) is 0 Å². The minimum atomic E-state index is -0.799. The van der Waals surface area contributed by atoms with Crippen LogP contribution in [-0.4, -0.2) is 72.2 Å². The summed E-state index contributed by atoms with van der Waals surface area (Å²) in [6.07, 6.45) is 4.50. The molecule has 2 N–H and O–H groups in total. The molecule has 1 aliphatic heterocycles. The molecule has 5 heteroatoms. The van der Waals surface area contributed by atoms with Gasteiger partial charge < -0.3 is 14.9 Å². The van der Waals surface area contributed by atoms with Crippen molar-refractivity contribution in [1.82, 2.24) is 15.1 Å². The first kappa shape index (κ1) is 14.8. The zero-order valence-corrected chi connectivity index (χ0v) is 12.4. The van der Waals surface area contributed by atoms with Crippen LogP contribution in [0.4, 0.5) is 0 Å². The lowest BCUT2D eigenvalue weighted by Gasteiger charge is -2.39. The van der Waals surface area contributed by atoms with Crippen LogP contribution in [0.2, 0.25) is 0 Å². The smallest absolute Gasteiger partial charge is 0.324 e. The van der Waals surface area contributed by atoms with Gasteiger partial charge in [-0.25, -0.2) is 0 Å². The Bertz CT molecular complexity index is 323. The lowest BCUT2D eigenvalue weighted by molar-refractivity contribution is -0.145. The molecule has 1 unspecified atom stereocenters. The molecule has 19 heavy (non-hydrogen) atoms. The molecule has 5 nitrogen and oxygen atoms in total. The normalized spacial score (nSPS) is 25.5. The number of carbonyl (C=O) groups is 1. The summed E-state index contributed by atoms with van der Waals surface area (Å²) in [6, 6.07) is 1.06. The van der Waals surface area contributed by atoms with E-state index >= 15 is 0 Å². The maximum atomic E-state index is 11.5. The van der Waals surface area contributed by atoms with Crippen molar-refractivity contribution in [3.05, 3.63) is 0 Å². The quantitative estimate of drug-likeness (QED) is 0.740. The van der Waals surface area contributed by atoms with E-state index in [1.807, 2.05) is 6.92 Å². The third kappa shape index (κ3) is 3.91. The predicted octanol–water partition coefficient (Wildman–Crippen LogP) is 0.608. The first-order chi connectivity index (χ1) is 8.90. The van der Waals surface area contributed by atoms with Crippen molar-refractivity contribution in [3.8, 4) is 0 Å². The summed E-state index contributed by atoms with van der Waals surface area (Å²) < 4.78 is 0. The lowest BCUT2D eigenvalue weighted by Crippen LogP contribution is -2.59. The number of hydrogen-bond acceptors (Lipinski definition) is 4. The summed E-state index contributed by atoms with van der Waals surface area (Å²) >= 11 is 0. The van der Waals surface area contributed by atoms with E-state index in [1.54, 1.807) is 0 Å². The highest BCUT2D eigenvalue weighted by Gasteiger charge is 2.40. The monoisotopic (exact) mass is 269 g/mol. The second kappa shape index (κ2) is 5.77. The van der Waals surface area contributed by atoms with Crippen molar-refractivity contribution < 1.29 is 9.90 Å². The van der Waals surface area contributed by atoms with E-state index in [9.17, 15) is 9.90 Å². The van der Waals surface area contributed by atoms with Crippen molar-refractivity contribution in [3.63, 3.8) is 0 Å². The molecule has 2 fully saturated rings. The van der Waals surface area contributed by atoms with Crippen molar-refractivity contribution in [2.45, 2.75) is 50.2 Å². The summed E-state index contributed by atoms with van der Waals surface area (Å²) in [5, 5.41) is 12.8. The van der Waals surface area contributed by atoms with Crippen LogP contribution in [0.1, 0.15) is 32.6 Å². The number of aliphatic carboxylic acids is 1. The van der Waals surface area contributed by atoms with Gasteiger partial charge in [-0.3, -0.25) is 10.1 Å². The summed E-state index contributed by atoms with van der Waals surface area (Å²) in [7, 11) is 4.24. The first-order valence-electron chi connectivity index (χ1n) is 7.30. The highest BCUT2D eigenvalue weighted by atomic mass is 16.4. The molecule has 1 aliphatic carbocycles. The van der Waals surface area contributed by atoms with E-state index in [1.165, 1.54) is 0 Å². The molecule has 1 saturated carbocycles. The van der Waals surface area contributed by atoms with E-state index in [-0.39, 0.29) is 0 Å². The highest BCUT2D eigenvalue weighted by Crippen LogP contribution is 2.24. The fourth-order valence-corrected chi connectivity index (χ4v) is 2.89. The number of carboxylic acid groups (broad SMARTS) is 1. The average molecular weight is 269 g/mol. The van der Waals surface area contributed by atoms with Crippen LogP contribution in [0.5, 0.6) is 0 Å². The van der Waals surface area contributed by atoms with Crippen LogP contribution in [-0.2, 0) is 4.79 Å². The molecule has 0 bridgehead atoms. The highest BCUT2D eigenvalue weighted by molar-refractivity contribution is 5.78. The van der Waals surface area contributed by atoms with Gasteiger partial charge in [0, 0.05) is 18.6 Å². The Balaban J connectivity index is 1.86. The maximum Gasteiger partial charge on any atom is 0.324 e. The Labute approximate surface area is 115 Å². The van der Waals surface area contributed by atoms with Gasteiger partial charge in [0.05, 0.1) is 0 Å². The Kier molecular flexibility index (Phi) is 4.48. The number of nitrogens with one attached hydrogen (secondary N) is 1. The van der Waals surface area contributed by atoms with Gasteiger partial charge in [-0.1, -0.05) is 0 Å². The van der Waals surface area contributed by atoms with E-state index in [4.69, 9.17) is 0 Å². The molecule has 0 radical (unpaired) electrons. The molecule has 1 saturated heterocycles. The zero-order chi connectivity index (χ0) is 14.0. The van der Waals surface area contributed by atoms with Crippen LogP contribution < -0.4 is 5.32 Å². The Morgan fingerprint density at radius 1 is 1.32 bits per heavy atom. The summed E-state index contributed by atoms with van der Waals surface area (Å²) in [6.45, 7) is 4.43. The molecule has 110 valence electrons. The molecule has 1 heterocycles. The number of carboxylic acids is 1. The minimum absolute atomic E-state index is 0.417. The van der Waals surface area contributed by atoms with Gasteiger partial charge in [0.2, 0.25) is 0 Å². The van der Waals surface area contributed by atoms with Crippen molar-refractivity contribution in [2.75, 3.05) is 33.7 Å². The van der Waals surface area contributed by atoms with Gasteiger partial charge in [0.1, 0.15) is 5.54 Å². The molecule has 0 spiro atoms. The van der Waals surface area contributed by atoms with E-state index in [0.29, 0.717) is 18.6 Å². The molecule has 0 aromatic rings. The third-order valence-electron chi connectivity index (χ3n) is 4.40. The van der Waals surface area contributed by atoms with E-state index < -0.39 is 11.5 Å². The topological polar surface area (TPSA) is 55.8 Å². The number of nitrogens with zero attached hydrogens (tertiary/aromatic N) is 2. The molecular weight excluding hydrogens is 242 g/mol. The van der Waals surface area contributed by atoms with Crippen LogP contribution >= 0.6 is 0 Å². The predicted molar refractivity (Wildman–Crippen MR) is 75.3 cm³/mol. The molecule has 0 aromatic carbocycles. The molecule has 2 aliphatic rings. The lowest BCUT2D eigenvalue weighted by atomic mass is 9.98. The van der Waals surface area contributed by atoms with Crippen LogP contribution in [0.15, 0.2) is 0 Å². The number of likely N-dealkylation sites (tertiary alicyclic amines) is 1. The van der Waals surface area contributed by atoms with Crippen LogP contribution in [0, 0.1) is 0 Å². The number of piperidine rings is 1. The van der Waals surface area contributed by atoms with E-state index in [2.05, 4.69) is 29.2 Å². The van der Waals surface area contributed by atoms with Crippen LogP contribution in [0.25, 0.3) is 0 Å². The maximum absolute atomic E-state index is 11.5. The zero-order valence-electron chi connectivity index (χ0n) is 12.4. The van der Waals surface area contributed by atoms with Gasteiger partial charge >= 0.3 is 5.97 Å². The SMILES string of the molecule is CN(C)C1CCN(CC(C)(NC2CC2)C(=O)O)CC1. The Morgan fingerprint density at radius 2 is 1.89 bits per heavy atom. The molecular formula is C14H27N3O2. The number of hydrogen-bond donors (Lipinski definition) is 2. The van der Waals surface area contributed by atoms with Crippen molar-refractivity contribution >= 4 is 5.97 Å². The average Bonchev–Trinajstić information content (AvgIpc) is 3.13. The fraction of sp³-hybridized carbons (Fsp3) is 0.929. The van der Waals surface area contributed by atoms with Gasteiger partial charge in [0.25, 0.3) is 0 Å². The second-order valence-corrected chi connectivity index (χ2v) is 6.53. The molecule has 0 amide bonds. The molecule has 2 rings (SSSR count). The molecule has 1 atom stereocenters. The first-order valence-corrected chi connectivity index (χ1v) is 7.30. The second-order valence-electron chi connectivity index (χ2n) is 6.53. The third-order valence-corrected chi connectivity index (χ3v) is 4.40. The van der Waals surface area contributed by atoms with Crippen molar-refractivity contribution in [2.24, 2.45) is 0 Å². The van der Waals surface area contributed by atoms with Gasteiger partial charge in [-0.2, -0.15) is 0 Å². The van der Waals surface area contributed by atoms with Crippen molar-refractivity contribution in [1.29, 1.82) is 0 Å². The standard InChI is InChI=1S/C14H27N3O2/c1-14(13(18)19,15-11-4-5-11)10-17-8-6-12(7-9-17)16(2)3/h11-12,15H,4-10H2,1-3H3,(H,18,19). The van der Waals surface area contributed by atoms with E-state index in [0.717, 1.165) is 38.8 Å². The summed E-state index contributed by atoms with van der Waals surface area (Å²) in [5.41, 5.74) is -0.799. The summed E-state index contributed by atoms with van der Waals surface area (Å²) in [4.78, 5) is 16.1. The molecule has 0 aromatic heterocycles. The van der Waals surface area contributed by atoms with Gasteiger partial charge in [-0.05, 0) is 59.8 Å². The Morgan fingerprint density at radius 3 is 2.32 bits per heavy atom. The largest absolute Gasteiger partial charge is 0.480 e. The minimum Gasteiger partial charge on any atom is -0.480 e. The Hall–Kier alpha value is -0.650. The number of rotatable bonds is 6.